The van der Waals surface area contributed by atoms with E-state index in [-0.39, 0.29) is 57.0 Å². The number of hydrogen-bond donors (Lipinski definition) is 0. The molecule has 74 heavy (non-hydrogen) atoms. The minimum atomic E-state index is -0.603. The molecule has 0 N–H and O–H groups in total. The Morgan fingerprint density at radius 1 is 0.419 bits per heavy atom. The van der Waals surface area contributed by atoms with Crippen LogP contribution in [0.15, 0.2) is 254 Å². The molecule has 0 atom stereocenters. The van der Waals surface area contributed by atoms with Gasteiger partial charge < -0.3 is 0 Å². The SMILES string of the molecule is [2H]c1c([2H])c([2H])c(-c2cccc(-c3c([2H])c([2H])c([2H])c([2H])c3[2H])c2N2c3ccc(-c4ccccc4)cc3B3c4cc(-c5ccccc5-c5ccccc5)ccc4[Se]c4cc(-n5c6ccc(C(C)(C)C)cc6c6c([2H])c([2H])c([2H])c([2H])c65)cc2c43)c([2H])c1[2H]. The Bertz CT molecular complexity index is 4860. The topological polar surface area (TPSA) is 8.17 Å². The number of rotatable bonds is 7. The maximum atomic E-state index is 9.72. The normalized spacial score (nSPS) is 15.3. The van der Waals surface area contributed by atoms with Crippen molar-refractivity contribution in [3.05, 3.63) is 260 Å². The van der Waals surface area contributed by atoms with E-state index in [9.17, 15) is 8.22 Å². The first kappa shape index (κ1) is 31.9. The van der Waals surface area contributed by atoms with Crippen molar-refractivity contribution in [2.24, 2.45) is 0 Å². The van der Waals surface area contributed by atoms with E-state index in [1.807, 2.05) is 107 Å². The molecule has 0 amide bonds. The molecule has 2 aliphatic heterocycles. The second-order valence-corrected chi connectivity index (χ2v) is 22.1. The van der Waals surface area contributed by atoms with Gasteiger partial charge in [-0.05, 0) is 0 Å². The summed E-state index contributed by atoms with van der Waals surface area (Å²) in [6.45, 7) is 5.77. The zero-order chi connectivity index (χ0) is 61.7. The summed E-state index contributed by atoms with van der Waals surface area (Å²) in [5.74, 6) is 0. The molecule has 11 aromatic carbocycles. The summed E-state index contributed by atoms with van der Waals surface area (Å²) in [5, 5.41) is 0.977. The first-order valence-corrected chi connectivity index (χ1v) is 26.3. The molecule has 0 unspecified atom stereocenters. The molecule has 0 spiro atoms. The Hall–Kier alpha value is -8.40. The van der Waals surface area contributed by atoms with Crippen molar-refractivity contribution in [2.45, 2.75) is 26.2 Å². The van der Waals surface area contributed by atoms with E-state index in [1.165, 1.54) is 0 Å². The monoisotopic (exact) mass is 1020 g/mol. The average Bonchev–Trinajstić information content (AvgIpc) is 1.08. The first-order chi connectivity index (χ1) is 42.2. The van der Waals surface area contributed by atoms with Crippen molar-refractivity contribution in [1.82, 2.24) is 4.57 Å². The molecule has 14 rings (SSSR count). The summed E-state index contributed by atoms with van der Waals surface area (Å²) < 4.78 is 133. The quantitative estimate of drug-likeness (QED) is 0.144. The summed E-state index contributed by atoms with van der Waals surface area (Å²) in [7, 11) is 0. The van der Waals surface area contributed by atoms with Crippen molar-refractivity contribution in [2.75, 3.05) is 4.90 Å². The summed E-state index contributed by atoms with van der Waals surface area (Å²) in [6, 6.07) is 49.7. The van der Waals surface area contributed by atoms with Crippen LogP contribution in [0.25, 0.3) is 83.1 Å². The molecule has 12 aromatic rings. The zero-order valence-corrected chi connectivity index (χ0v) is 42.3. The molecular weight excluding hydrogens is 959 g/mol. The standard InChI is InChI=1S/C70H51BN2Se/c1-70(2,3)52-37-39-63-59(43-52)58-31-18-19-34-62(58)72(63)53-44-65-68-67(45-53)74-66-40-36-51(55-30-17-16-29-54(55)47-23-10-5-11-24-47)42-61(66)71(68)60-41-50(46-21-8-4-9-22-46)35-38-64(60)73(65)69-56(48-25-12-6-13-26-48)32-20-33-57(69)49-27-14-7-15-28-49/h4-45H,1-3H3/i6D,7D,12D,13D,14D,15D,18D,19D,25D,26D,27D,28D,31D,34D. The van der Waals surface area contributed by atoms with Crippen LogP contribution in [0.2, 0.25) is 0 Å². The van der Waals surface area contributed by atoms with Gasteiger partial charge in [-0.1, -0.05) is 0 Å². The number of aromatic nitrogens is 1. The third-order valence-electron chi connectivity index (χ3n) is 14.5. The van der Waals surface area contributed by atoms with Gasteiger partial charge in [-0.15, -0.1) is 0 Å². The minimum absolute atomic E-state index is 0.124. The Labute approximate surface area is 460 Å². The van der Waals surface area contributed by atoms with Crippen LogP contribution in [-0.2, 0) is 5.41 Å². The van der Waals surface area contributed by atoms with Crippen molar-refractivity contribution in [3.8, 4) is 61.3 Å². The van der Waals surface area contributed by atoms with Gasteiger partial charge in [0.2, 0.25) is 0 Å². The summed E-state index contributed by atoms with van der Waals surface area (Å²) in [4.78, 5) is 1.96. The molecule has 2 nitrogen and oxygen atoms in total. The van der Waals surface area contributed by atoms with E-state index in [1.54, 1.807) is 18.2 Å². The Kier molecular flexibility index (Phi) is 7.63. The van der Waals surface area contributed by atoms with E-state index < -0.39 is 88.1 Å². The van der Waals surface area contributed by atoms with Crippen LogP contribution in [0.5, 0.6) is 0 Å². The van der Waals surface area contributed by atoms with E-state index in [0.29, 0.717) is 33.4 Å². The van der Waals surface area contributed by atoms with Crippen molar-refractivity contribution in [1.29, 1.82) is 0 Å². The average molecular weight is 1020 g/mol. The summed E-state index contributed by atoms with van der Waals surface area (Å²) in [6.07, 6.45) is 0. The van der Waals surface area contributed by atoms with Crippen LogP contribution in [0.3, 0.4) is 0 Å². The second-order valence-electron chi connectivity index (χ2n) is 19.8. The number of fused-ring (bicyclic) bond motifs is 7. The molecule has 0 saturated carbocycles. The predicted octanol–water partition coefficient (Wildman–Crippen LogP) is 14.7. The van der Waals surface area contributed by atoms with Gasteiger partial charge in [-0.3, -0.25) is 0 Å². The summed E-state index contributed by atoms with van der Waals surface area (Å²) >= 11 is -0.483. The fourth-order valence-corrected chi connectivity index (χ4v) is 13.6. The molecule has 0 radical (unpaired) electrons. The molecular formula is C70H51BN2Se. The number of para-hydroxylation sites is 2. The molecule has 3 heterocycles. The molecule has 0 fully saturated rings. The number of hydrogen-bond acceptors (Lipinski definition) is 1. The van der Waals surface area contributed by atoms with Gasteiger partial charge in [0, 0.05) is 0 Å². The van der Waals surface area contributed by atoms with Gasteiger partial charge in [0.05, 0.1) is 0 Å². The predicted molar refractivity (Wildman–Crippen MR) is 317 cm³/mol. The Morgan fingerprint density at radius 3 is 1.73 bits per heavy atom. The molecule has 4 heteroatoms. The number of nitrogens with zero attached hydrogens (tertiary/aromatic N) is 2. The Morgan fingerprint density at radius 2 is 1.03 bits per heavy atom. The van der Waals surface area contributed by atoms with E-state index in [0.717, 1.165) is 64.3 Å². The van der Waals surface area contributed by atoms with Crippen LogP contribution < -0.4 is 30.2 Å². The van der Waals surface area contributed by atoms with Crippen molar-refractivity contribution in [3.63, 3.8) is 0 Å². The van der Waals surface area contributed by atoms with Crippen LogP contribution in [0.1, 0.15) is 45.5 Å². The maximum absolute atomic E-state index is 9.72. The van der Waals surface area contributed by atoms with Crippen molar-refractivity contribution < 1.29 is 19.2 Å². The Balaban J connectivity index is 1.17. The van der Waals surface area contributed by atoms with Crippen LogP contribution in [0, 0.1) is 0 Å². The fraction of sp³-hybridized carbons (Fsp3) is 0.0571. The number of anilines is 3. The van der Waals surface area contributed by atoms with Gasteiger partial charge in [0.1, 0.15) is 0 Å². The van der Waals surface area contributed by atoms with Crippen LogP contribution >= 0.6 is 0 Å². The third-order valence-corrected chi connectivity index (χ3v) is 16.9. The second kappa shape index (κ2) is 17.7. The number of benzene rings is 11. The molecule has 350 valence electrons. The molecule has 2 aliphatic rings. The van der Waals surface area contributed by atoms with E-state index in [4.69, 9.17) is 11.0 Å². The van der Waals surface area contributed by atoms with Crippen molar-refractivity contribution >= 4 is 85.8 Å². The van der Waals surface area contributed by atoms with Gasteiger partial charge >= 0.3 is 462 Å². The van der Waals surface area contributed by atoms with Gasteiger partial charge in [-0.2, -0.15) is 0 Å². The van der Waals surface area contributed by atoms with Gasteiger partial charge in [0.15, 0.2) is 0 Å². The fourth-order valence-electron chi connectivity index (χ4n) is 11.1. The van der Waals surface area contributed by atoms with Crippen LogP contribution in [-0.4, -0.2) is 26.2 Å². The first-order valence-electron chi connectivity index (χ1n) is 31.6. The van der Waals surface area contributed by atoms with Gasteiger partial charge in [-0.25, -0.2) is 0 Å². The van der Waals surface area contributed by atoms with Crippen LogP contribution in [0.4, 0.5) is 17.1 Å². The summed E-state index contributed by atoms with van der Waals surface area (Å²) in [5.41, 5.74) is 12.0. The third kappa shape index (κ3) is 7.31. The molecule has 0 saturated heterocycles. The molecule has 1 aromatic heterocycles. The van der Waals surface area contributed by atoms with Gasteiger partial charge in [0.25, 0.3) is 0 Å². The molecule has 0 bridgehead atoms. The zero-order valence-electron chi connectivity index (χ0n) is 54.5. The van der Waals surface area contributed by atoms with E-state index >= 15 is 0 Å². The molecule has 0 aliphatic carbocycles. The van der Waals surface area contributed by atoms with E-state index in [2.05, 4.69) is 75.4 Å².